The van der Waals surface area contributed by atoms with Crippen LogP contribution >= 0.6 is 24.0 Å². The Balaban J connectivity index is 0.00000392. The van der Waals surface area contributed by atoms with E-state index in [1.54, 1.807) is 4.90 Å². The van der Waals surface area contributed by atoms with E-state index < -0.39 is 5.60 Å². The zero-order valence-corrected chi connectivity index (χ0v) is 20.0. The first-order valence-corrected chi connectivity index (χ1v) is 9.79. The Bertz CT molecular complexity index is 671. The number of nitrogens with two attached hydrogens (primary N) is 1. The van der Waals surface area contributed by atoms with Gasteiger partial charge in [-0.2, -0.15) is 0 Å². The van der Waals surface area contributed by atoms with Gasteiger partial charge in [-0.15, -0.1) is 24.0 Å². The molecule has 0 spiro atoms. The van der Waals surface area contributed by atoms with Crippen LogP contribution in [0.4, 0.5) is 10.5 Å². The maximum absolute atomic E-state index is 12.3. The fourth-order valence-electron chi connectivity index (χ4n) is 3.10. The first-order chi connectivity index (χ1) is 12.6. The maximum Gasteiger partial charge on any atom is 0.410 e. The van der Waals surface area contributed by atoms with E-state index in [4.69, 9.17) is 10.5 Å². The van der Waals surface area contributed by atoms with E-state index in [2.05, 4.69) is 36.3 Å². The van der Waals surface area contributed by atoms with Crippen LogP contribution in [0, 0.1) is 5.92 Å². The molecule has 1 atom stereocenters. The number of rotatable bonds is 4. The molecular formula is C21H35IN4O2. The Kier molecular flexibility index (Phi) is 9.53. The molecule has 1 aliphatic heterocycles. The second kappa shape index (κ2) is 10.9. The lowest BCUT2D eigenvalue weighted by Crippen LogP contribution is -2.43. The van der Waals surface area contributed by atoms with Crippen molar-refractivity contribution >= 4 is 41.7 Å². The molecule has 1 unspecified atom stereocenters. The van der Waals surface area contributed by atoms with Crippen molar-refractivity contribution in [3.63, 3.8) is 0 Å². The lowest BCUT2D eigenvalue weighted by molar-refractivity contribution is 0.0171. The number of likely N-dealkylation sites (tertiary alicyclic amines) is 1. The van der Waals surface area contributed by atoms with Crippen LogP contribution in [-0.2, 0) is 4.74 Å². The van der Waals surface area contributed by atoms with Crippen molar-refractivity contribution in [1.82, 2.24) is 4.90 Å². The topological polar surface area (TPSA) is 80.0 Å². The van der Waals surface area contributed by atoms with Crippen LogP contribution in [0.3, 0.4) is 0 Å². The number of anilines is 1. The highest BCUT2D eigenvalue weighted by Gasteiger charge is 2.27. The Morgan fingerprint density at radius 3 is 2.75 bits per heavy atom. The van der Waals surface area contributed by atoms with Crippen molar-refractivity contribution in [1.29, 1.82) is 0 Å². The average Bonchev–Trinajstić information content (AvgIpc) is 2.59. The molecule has 6 nitrogen and oxygen atoms in total. The number of guanidine groups is 1. The molecule has 1 aliphatic rings. The zero-order chi connectivity index (χ0) is 20.0. The van der Waals surface area contributed by atoms with Gasteiger partial charge in [0.1, 0.15) is 5.60 Å². The van der Waals surface area contributed by atoms with E-state index in [0.29, 0.717) is 30.9 Å². The molecule has 0 bridgehead atoms. The summed E-state index contributed by atoms with van der Waals surface area (Å²) >= 11 is 0. The Hall–Kier alpha value is -1.51. The minimum absolute atomic E-state index is 0. The summed E-state index contributed by atoms with van der Waals surface area (Å²) in [6.07, 6.45) is 1.76. The Labute approximate surface area is 186 Å². The molecule has 0 radical (unpaired) electrons. The summed E-state index contributed by atoms with van der Waals surface area (Å²) in [6, 6.07) is 8.21. The molecule has 158 valence electrons. The molecular weight excluding hydrogens is 467 g/mol. The fraction of sp³-hybridized carbons (Fsp3) is 0.619. The number of nitrogens with one attached hydrogen (secondary N) is 1. The number of nitrogens with zero attached hydrogens (tertiary/aromatic N) is 2. The SMILES string of the molecule is CC(C)c1cccc(NC(N)=NCC2CCCN(C(=O)OC(C)(C)C)C2)c1.I. The number of amides is 1. The third kappa shape index (κ3) is 8.24. The molecule has 2 rings (SSSR count). The van der Waals surface area contributed by atoms with Crippen molar-refractivity contribution in [3.8, 4) is 0 Å². The standard InChI is InChI=1S/C21H34N4O2.HI/c1-15(2)17-9-6-10-18(12-17)24-19(22)23-13-16-8-7-11-25(14-16)20(26)27-21(3,4)5;/h6,9-10,12,15-16H,7-8,11,13-14H2,1-5H3,(H3,22,23,24);1H. The average molecular weight is 502 g/mol. The second-order valence-electron chi connectivity index (χ2n) is 8.57. The lowest BCUT2D eigenvalue weighted by atomic mass is 9.98. The molecule has 3 N–H and O–H groups in total. The molecule has 0 aliphatic carbocycles. The van der Waals surface area contributed by atoms with Gasteiger partial charge in [0.15, 0.2) is 5.96 Å². The summed E-state index contributed by atoms with van der Waals surface area (Å²) < 4.78 is 5.47. The van der Waals surface area contributed by atoms with Gasteiger partial charge in [-0.25, -0.2) is 4.79 Å². The number of hydrogen-bond donors (Lipinski definition) is 2. The smallest absolute Gasteiger partial charge is 0.410 e. The first kappa shape index (κ1) is 24.5. The number of halogens is 1. The van der Waals surface area contributed by atoms with E-state index in [-0.39, 0.29) is 30.1 Å². The van der Waals surface area contributed by atoms with Gasteiger partial charge in [-0.3, -0.25) is 4.99 Å². The van der Waals surface area contributed by atoms with E-state index >= 15 is 0 Å². The number of aliphatic imine (C=N–C) groups is 1. The molecule has 1 fully saturated rings. The third-order valence-corrected chi connectivity index (χ3v) is 4.52. The van der Waals surface area contributed by atoms with Crippen molar-refractivity contribution in [2.45, 2.75) is 59.0 Å². The number of benzene rings is 1. The van der Waals surface area contributed by atoms with E-state index in [0.717, 1.165) is 25.1 Å². The van der Waals surface area contributed by atoms with Gasteiger partial charge < -0.3 is 20.7 Å². The normalized spacial score (nSPS) is 17.9. The summed E-state index contributed by atoms with van der Waals surface area (Å²) in [5.74, 6) is 1.17. The van der Waals surface area contributed by atoms with E-state index in [1.807, 2.05) is 32.9 Å². The molecule has 1 aromatic carbocycles. The minimum atomic E-state index is -0.471. The number of piperidine rings is 1. The molecule has 0 saturated carbocycles. The van der Waals surface area contributed by atoms with Gasteiger partial charge in [-0.1, -0.05) is 26.0 Å². The van der Waals surface area contributed by atoms with Crippen LogP contribution in [0.2, 0.25) is 0 Å². The zero-order valence-electron chi connectivity index (χ0n) is 17.7. The van der Waals surface area contributed by atoms with E-state index in [9.17, 15) is 4.79 Å². The maximum atomic E-state index is 12.3. The number of ether oxygens (including phenoxy) is 1. The van der Waals surface area contributed by atoms with Crippen molar-refractivity contribution in [2.75, 3.05) is 25.0 Å². The highest BCUT2D eigenvalue weighted by atomic mass is 127. The Morgan fingerprint density at radius 2 is 2.11 bits per heavy atom. The molecule has 1 saturated heterocycles. The van der Waals surface area contributed by atoms with Crippen LogP contribution < -0.4 is 11.1 Å². The highest BCUT2D eigenvalue weighted by molar-refractivity contribution is 14.0. The van der Waals surface area contributed by atoms with Crippen LogP contribution in [0.5, 0.6) is 0 Å². The summed E-state index contributed by atoms with van der Waals surface area (Å²) in [5.41, 5.74) is 7.79. The second-order valence-corrected chi connectivity index (χ2v) is 8.57. The highest BCUT2D eigenvalue weighted by Crippen LogP contribution is 2.20. The van der Waals surface area contributed by atoms with E-state index in [1.165, 1.54) is 5.56 Å². The lowest BCUT2D eigenvalue weighted by Gasteiger charge is -2.33. The summed E-state index contributed by atoms with van der Waals surface area (Å²) in [7, 11) is 0. The summed E-state index contributed by atoms with van der Waals surface area (Å²) in [6.45, 7) is 12.0. The largest absolute Gasteiger partial charge is 0.444 e. The van der Waals surface area contributed by atoms with Crippen molar-refractivity contribution in [2.24, 2.45) is 16.6 Å². The summed E-state index contributed by atoms with van der Waals surface area (Å²) in [4.78, 5) is 18.5. The third-order valence-electron chi connectivity index (χ3n) is 4.52. The minimum Gasteiger partial charge on any atom is -0.444 e. The quantitative estimate of drug-likeness (QED) is 0.352. The molecule has 28 heavy (non-hydrogen) atoms. The summed E-state index contributed by atoms with van der Waals surface area (Å²) in [5, 5.41) is 3.16. The van der Waals surface area contributed by atoms with Crippen LogP contribution in [0.15, 0.2) is 29.3 Å². The van der Waals surface area contributed by atoms with Crippen LogP contribution in [0.25, 0.3) is 0 Å². The molecule has 1 amide bonds. The van der Waals surface area contributed by atoms with Gasteiger partial charge in [0.25, 0.3) is 0 Å². The molecule has 1 aromatic rings. The van der Waals surface area contributed by atoms with Crippen molar-refractivity contribution in [3.05, 3.63) is 29.8 Å². The van der Waals surface area contributed by atoms with Crippen LogP contribution in [-0.4, -0.2) is 42.2 Å². The van der Waals surface area contributed by atoms with Gasteiger partial charge in [0.05, 0.1) is 0 Å². The molecule has 0 aromatic heterocycles. The van der Waals surface area contributed by atoms with Gasteiger partial charge in [0.2, 0.25) is 0 Å². The monoisotopic (exact) mass is 502 g/mol. The number of carbonyl (C=O) groups is 1. The van der Waals surface area contributed by atoms with Gasteiger partial charge in [-0.05, 0) is 63.1 Å². The molecule has 1 heterocycles. The predicted molar refractivity (Wildman–Crippen MR) is 127 cm³/mol. The van der Waals surface area contributed by atoms with Gasteiger partial charge >= 0.3 is 6.09 Å². The van der Waals surface area contributed by atoms with Crippen LogP contribution in [0.1, 0.15) is 58.9 Å². The first-order valence-electron chi connectivity index (χ1n) is 9.79. The fourth-order valence-corrected chi connectivity index (χ4v) is 3.10. The number of carbonyl (C=O) groups excluding carboxylic acids is 1. The number of hydrogen-bond acceptors (Lipinski definition) is 3. The molecule has 7 heteroatoms. The van der Waals surface area contributed by atoms with Gasteiger partial charge in [0, 0.05) is 25.3 Å². The Morgan fingerprint density at radius 1 is 1.39 bits per heavy atom. The van der Waals surface area contributed by atoms with Crippen molar-refractivity contribution < 1.29 is 9.53 Å². The predicted octanol–water partition coefficient (Wildman–Crippen LogP) is 4.80.